The quantitative estimate of drug-likeness (QED) is 0.715. The molecule has 0 amide bonds. The first-order valence-corrected chi connectivity index (χ1v) is 5.52. The number of H-pyrrole nitrogens is 1. The van der Waals surface area contributed by atoms with E-state index >= 15 is 0 Å². The second kappa shape index (κ2) is 4.29. The molecule has 18 heavy (non-hydrogen) atoms. The topological polar surface area (TPSA) is 80.5 Å². The van der Waals surface area contributed by atoms with Gasteiger partial charge in [-0.25, -0.2) is 0 Å². The number of aromatic nitrogens is 4. The van der Waals surface area contributed by atoms with Gasteiger partial charge in [-0.3, -0.25) is 15.1 Å². The Morgan fingerprint density at radius 1 is 1.06 bits per heavy atom. The van der Waals surface area contributed by atoms with E-state index in [0.717, 1.165) is 22.5 Å². The fourth-order valence-corrected chi connectivity index (χ4v) is 1.85. The van der Waals surface area contributed by atoms with Gasteiger partial charge in [0.15, 0.2) is 5.82 Å². The standard InChI is InChI=1S/C13H11N5/c14-13-11(9-4-3-6-15-8-9)12(17-18-13)10-5-1-2-7-16-10/h1-8H,(H3,14,17,18). The van der Waals surface area contributed by atoms with Gasteiger partial charge in [0, 0.05) is 24.2 Å². The summed E-state index contributed by atoms with van der Waals surface area (Å²) in [6, 6.07) is 9.51. The van der Waals surface area contributed by atoms with Crippen molar-refractivity contribution in [3.05, 3.63) is 48.9 Å². The second-order valence-electron chi connectivity index (χ2n) is 3.82. The summed E-state index contributed by atoms with van der Waals surface area (Å²) in [6.07, 6.45) is 5.22. The third-order valence-electron chi connectivity index (χ3n) is 2.67. The van der Waals surface area contributed by atoms with E-state index in [1.54, 1.807) is 18.6 Å². The SMILES string of the molecule is Nc1n[nH]c(-c2ccccn2)c1-c1cccnc1. The molecule has 5 nitrogen and oxygen atoms in total. The minimum absolute atomic E-state index is 0.448. The van der Waals surface area contributed by atoms with Crippen LogP contribution in [0.25, 0.3) is 22.5 Å². The van der Waals surface area contributed by atoms with Crippen molar-refractivity contribution in [3.63, 3.8) is 0 Å². The maximum atomic E-state index is 5.91. The van der Waals surface area contributed by atoms with Crippen LogP contribution < -0.4 is 5.73 Å². The van der Waals surface area contributed by atoms with Crippen LogP contribution >= 0.6 is 0 Å². The van der Waals surface area contributed by atoms with Gasteiger partial charge < -0.3 is 5.73 Å². The average Bonchev–Trinajstić information content (AvgIpc) is 2.83. The van der Waals surface area contributed by atoms with E-state index < -0.39 is 0 Å². The molecule has 0 aliphatic rings. The summed E-state index contributed by atoms with van der Waals surface area (Å²) >= 11 is 0. The average molecular weight is 237 g/mol. The normalized spacial score (nSPS) is 10.4. The Morgan fingerprint density at radius 3 is 2.72 bits per heavy atom. The highest BCUT2D eigenvalue weighted by molar-refractivity contribution is 5.86. The lowest BCUT2D eigenvalue weighted by Gasteiger charge is -2.03. The van der Waals surface area contributed by atoms with Gasteiger partial charge in [0.2, 0.25) is 0 Å². The van der Waals surface area contributed by atoms with Crippen LogP contribution in [-0.4, -0.2) is 20.2 Å². The first-order chi connectivity index (χ1) is 8.86. The van der Waals surface area contributed by atoms with E-state index in [1.165, 1.54) is 0 Å². The van der Waals surface area contributed by atoms with Gasteiger partial charge in [-0.1, -0.05) is 12.1 Å². The van der Waals surface area contributed by atoms with Gasteiger partial charge in [0.05, 0.1) is 17.0 Å². The number of hydrogen-bond acceptors (Lipinski definition) is 4. The fourth-order valence-electron chi connectivity index (χ4n) is 1.85. The molecule has 3 rings (SSSR count). The van der Waals surface area contributed by atoms with Crippen molar-refractivity contribution in [3.8, 4) is 22.5 Å². The lowest BCUT2D eigenvalue weighted by molar-refractivity contribution is 1.09. The number of anilines is 1. The first-order valence-electron chi connectivity index (χ1n) is 5.52. The molecule has 0 unspecified atom stereocenters. The van der Waals surface area contributed by atoms with Crippen molar-refractivity contribution >= 4 is 5.82 Å². The van der Waals surface area contributed by atoms with Crippen LogP contribution in [-0.2, 0) is 0 Å². The lowest BCUT2D eigenvalue weighted by Crippen LogP contribution is -1.90. The summed E-state index contributed by atoms with van der Waals surface area (Å²) in [5, 5.41) is 6.98. The van der Waals surface area contributed by atoms with E-state index in [-0.39, 0.29) is 0 Å². The van der Waals surface area contributed by atoms with Gasteiger partial charge >= 0.3 is 0 Å². The molecule has 0 atom stereocenters. The molecule has 88 valence electrons. The molecule has 0 spiro atoms. The van der Waals surface area contributed by atoms with Crippen LogP contribution in [0.3, 0.4) is 0 Å². The van der Waals surface area contributed by atoms with Crippen LogP contribution in [0.15, 0.2) is 48.9 Å². The molecule has 3 heterocycles. The number of pyridine rings is 2. The van der Waals surface area contributed by atoms with Crippen LogP contribution in [0.2, 0.25) is 0 Å². The molecule has 0 fully saturated rings. The molecule has 0 aliphatic heterocycles. The molecule has 0 bridgehead atoms. The molecule has 3 aromatic rings. The number of rotatable bonds is 2. The molecule has 0 saturated carbocycles. The van der Waals surface area contributed by atoms with E-state index in [1.807, 2.05) is 30.3 Å². The Hall–Kier alpha value is -2.69. The van der Waals surface area contributed by atoms with Crippen LogP contribution in [0.4, 0.5) is 5.82 Å². The highest BCUT2D eigenvalue weighted by Crippen LogP contribution is 2.32. The van der Waals surface area contributed by atoms with E-state index in [4.69, 9.17) is 5.73 Å². The third kappa shape index (κ3) is 1.71. The van der Waals surface area contributed by atoms with Gasteiger partial charge in [0.1, 0.15) is 0 Å². The molecule has 0 radical (unpaired) electrons. The minimum Gasteiger partial charge on any atom is -0.382 e. The van der Waals surface area contributed by atoms with Crippen molar-refractivity contribution in [1.29, 1.82) is 0 Å². The van der Waals surface area contributed by atoms with Crippen molar-refractivity contribution in [2.45, 2.75) is 0 Å². The zero-order valence-corrected chi connectivity index (χ0v) is 9.54. The Bertz CT molecular complexity index is 646. The predicted molar refractivity (Wildman–Crippen MR) is 69.5 cm³/mol. The van der Waals surface area contributed by atoms with Gasteiger partial charge in [-0.05, 0) is 18.2 Å². The van der Waals surface area contributed by atoms with Crippen molar-refractivity contribution < 1.29 is 0 Å². The van der Waals surface area contributed by atoms with Gasteiger partial charge in [-0.2, -0.15) is 5.10 Å². The summed E-state index contributed by atoms with van der Waals surface area (Å²) in [6.45, 7) is 0. The fraction of sp³-hybridized carbons (Fsp3) is 0. The van der Waals surface area contributed by atoms with Gasteiger partial charge in [0.25, 0.3) is 0 Å². The number of nitrogens with two attached hydrogens (primary N) is 1. The smallest absolute Gasteiger partial charge is 0.153 e. The van der Waals surface area contributed by atoms with E-state index in [0.29, 0.717) is 5.82 Å². The van der Waals surface area contributed by atoms with E-state index in [9.17, 15) is 0 Å². The third-order valence-corrected chi connectivity index (χ3v) is 2.67. The number of aromatic amines is 1. The lowest BCUT2D eigenvalue weighted by atomic mass is 10.1. The van der Waals surface area contributed by atoms with Crippen LogP contribution in [0.1, 0.15) is 0 Å². The predicted octanol–water partition coefficient (Wildman–Crippen LogP) is 2.12. The monoisotopic (exact) mass is 237 g/mol. The highest BCUT2D eigenvalue weighted by atomic mass is 15.2. The summed E-state index contributed by atoms with van der Waals surface area (Å²) in [7, 11) is 0. The molecule has 3 N–H and O–H groups in total. The van der Waals surface area contributed by atoms with E-state index in [2.05, 4.69) is 20.2 Å². The van der Waals surface area contributed by atoms with Gasteiger partial charge in [-0.15, -0.1) is 0 Å². The maximum Gasteiger partial charge on any atom is 0.153 e. The number of hydrogen-bond donors (Lipinski definition) is 2. The summed E-state index contributed by atoms with van der Waals surface area (Å²) in [5.41, 5.74) is 9.28. The molecule has 0 aliphatic carbocycles. The maximum absolute atomic E-state index is 5.91. The van der Waals surface area contributed by atoms with Crippen molar-refractivity contribution in [2.75, 3.05) is 5.73 Å². The largest absolute Gasteiger partial charge is 0.382 e. The Balaban J connectivity index is 2.19. The molecule has 0 saturated heterocycles. The van der Waals surface area contributed by atoms with Crippen LogP contribution in [0.5, 0.6) is 0 Å². The molecule has 5 heteroatoms. The molecular weight excluding hydrogens is 226 g/mol. The number of nitrogens with one attached hydrogen (secondary N) is 1. The molecule has 3 aromatic heterocycles. The zero-order chi connectivity index (χ0) is 12.4. The van der Waals surface area contributed by atoms with Crippen molar-refractivity contribution in [2.24, 2.45) is 0 Å². The number of nitrogen functional groups attached to an aromatic ring is 1. The summed E-state index contributed by atoms with van der Waals surface area (Å²) < 4.78 is 0. The minimum atomic E-state index is 0.448. The summed E-state index contributed by atoms with van der Waals surface area (Å²) in [5.74, 6) is 0.448. The second-order valence-corrected chi connectivity index (χ2v) is 3.82. The first kappa shape index (κ1) is 10.5. The molecule has 0 aromatic carbocycles. The highest BCUT2D eigenvalue weighted by Gasteiger charge is 2.15. The number of nitrogens with zero attached hydrogens (tertiary/aromatic N) is 3. The summed E-state index contributed by atoms with van der Waals surface area (Å²) in [4.78, 5) is 8.40. The Morgan fingerprint density at radius 2 is 2.00 bits per heavy atom. The van der Waals surface area contributed by atoms with Crippen LogP contribution in [0, 0.1) is 0 Å². The molecular formula is C13H11N5. The Labute approximate surface area is 104 Å². The Kier molecular flexibility index (Phi) is 2.49. The zero-order valence-electron chi connectivity index (χ0n) is 9.54. The van der Waals surface area contributed by atoms with Crippen molar-refractivity contribution in [1.82, 2.24) is 20.2 Å².